The van der Waals surface area contributed by atoms with Gasteiger partial charge in [0, 0.05) is 42.7 Å². The van der Waals surface area contributed by atoms with Gasteiger partial charge in [0.2, 0.25) is 0 Å². The first kappa shape index (κ1) is 56.5. The predicted octanol–water partition coefficient (Wildman–Crippen LogP) is 16.5. The average molecular weight is 1230 g/mol. The van der Waals surface area contributed by atoms with Gasteiger partial charge in [-0.3, -0.25) is 0 Å². The molecule has 92 heavy (non-hydrogen) atoms. The maximum atomic E-state index is 6.89. The summed E-state index contributed by atoms with van der Waals surface area (Å²) in [6.45, 7) is 2.15. The Balaban J connectivity index is 0.767. The van der Waals surface area contributed by atoms with Crippen LogP contribution in [0.4, 0.5) is 0 Å². The van der Waals surface area contributed by atoms with Gasteiger partial charge in [0.1, 0.15) is 11.5 Å². The molecule has 0 N–H and O–H groups in total. The molecule has 0 atom stereocenters. The van der Waals surface area contributed by atoms with Gasteiger partial charge < -0.3 is 13.9 Å². The Kier molecular flexibility index (Phi) is 14.9. The molecule has 14 aromatic carbocycles. The lowest BCUT2D eigenvalue weighted by Crippen LogP contribution is -2.74. The molecule has 6 heteroatoms. The summed E-state index contributed by atoms with van der Waals surface area (Å²) in [5.41, 5.74) is 10.7. The molecule has 2 heterocycles. The molecule has 0 unspecified atom stereocenters. The van der Waals surface area contributed by atoms with E-state index in [1.54, 1.807) is 0 Å². The second-order valence-corrected chi connectivity index (χ2v) is 32.8. The van der Waals surface area contributed by atoms with Crippen molar-refractivity contribution < 1.29 is 4.74 Å². The second kappa shape index (κ2) is 24.2. The minimum atomic E-state index is -3.00. The summed E-state index contributed by atoms with van der Waals surface area (Å²) in [4.78, 5) is 2.45. The summed E-state index contributed by atoms with van der Waals surface area (Å²) in [5, 5.41) is 15.6. The zero-order valence-electron chi connectivity index (χ0n) is 51.0. The van der Waals surface area contributed by atoms with Gasteiger partial charge in [-0.15, -0.1) is 0 Å². The SMILES string of the molecule is Cc1ccc(Sc2ccc3c(c2)c2cc([Si](c4ccccc4)(c4ccccc4)c4cccc(Cc5ccc(Oc6ccc7c(c6)c6cc([Si](c8ccccc8)(c8ccccc8)c8ccccc8)ccc6n7-c6ccccc6)cc5)c4)ccc2n3-c2ccccc2)cc1. The Morgan fingerprint density at radius 3 is 1.10 bits per heavy atom. The van der Waals surface area contributed by atoms with E-state index in [9.17, 15) is 0 Å². The quantitative estimate of drug-likeness (QED) is 0.0709. The molecular weight excluding hydrogens is 1170 g/mol. The number of fused-ring (bicyclic) bond motifs is 6. The van der Waals surface area contributed by atoms with E-state index in [1.807, 2.05) is 11.8 Å². The van der Waals surface area contributed by atoms with E-state index in [2.05, 4.69) is 374 Å². The lowest BCUT2D eigenvalue weighted by atomic mass is 10.1. The summed E-state index contributed by atoms with van der Waals surface area (Å²) in [5.74, 6) is 1.59. The minimum absolute atomic E-state index is 0.764. The number of aromatic nitrogens is 2. The highest BCUT2D eigenvalue weighted by Gasteiger charge is 2.43. The number of nitrogens with zero attached hydrogens (tertiary/aromatic N) is 2. The topological polar surface area (TPSA) is 19.1 Å². The van der Waals surface area contributed by atoms with Crippen molar-refractivity contribution in [3.63, 3.8) is 0 Å². The summed E-state index contributed by atoms with van der Waals surface area (Å²) in [6, 6.07) is 133. The van der Waals surface area contributed by atoms with Crippen LogP contribution in [-0.4, -0.2) is 25.3 Å². The maximum absolute atomic E-state index is 6.89. The van der Waals surface area contributed by atoms with E-state index >= 15 is 0 Å². The number of rotatable bonds is 16. The van der Waals surface area contributed by atoms with Gasteiger partial charge in [0.25, 0.3) is 0 Å². The van der Waals surface area contributed by atoms with E-state index in [-0.39, 0.29) is 0 Å². The smallest absolute Gasteiger partial charge is 0.179 e. The van der Waals surface area contributed by atoms with Crippen molar-refractivity contribution in [1.82, 2.24) is 9.13 Å². The summed E-state index contributed by atoms with van der Waals surface area (Å²) in [7, 11) is -5.83. The van der Waals surface area contributed by atoms with E-state index in [0.29, 0.717) is 0 Å². The molecule has 0 fully saturated rings. The number of hydrogen-bond donors (Lipinski definition) is 0. The van der Waals surface area contributed by atoms with Crippen LogP contribution < -0.4 is 46.2 Å². The summed E-state index contributed by atoms with van der Waals surface area (Å²) in [6.07, 6.45) is 0.764. The van der Waals surface area contributed by atoms with Gasteiger partial charge in [0.15, 0.2) is 16.1 Å². The molecule has 0 radical (unpaired) electrons. The fourth-order valence-electron chi connectivity index (χ4n) is 14.5. The Hall–Kier alpha value is -10.7. The van der Waals surface area contributed by atoms with Crippen LogP contribution in [0.2, 0.25) is 0 Å². The van der Waals surface area contributed by atoms with Crippen molar-refractivity contribution >= 4 is 113 Å². The number of benzene rings is 14. The molecule has 0 aliphatic heterocycles. The van der Waals surface area contributed by atoms with E-state index < -0.39 is 16.1 Å². The van der Waals surface area contributed by atoms with Crippen LogP contribution in [0.15, 0.2) is 368 Å². The van der Waals surface area contributed by atoms with Gasteiger partial charge >= 0.3 is 0 Å². The Bertz CT molecular complexity index is 5140. The van der Waals surface area contributed by atoms with Crippen molar-refractivity contribution in [2.75, 3.05) is 0 Å². The monoisotopic (exact) mass is 1230 g/mol. The van der Waals surface area contributed by atoms with Gasteiger partial charge in [0.05, 0.1) is 22.1 Å². The van der Waals surface area contributed by atoms with Gasteiger partial charge in [-0.1, -0.05) is 278 Å². The van der Waals surface area contributed by atoms with Crippen molar-refractivity contribution in [1.29, 1.82) is 0 Å². The maximum Gasteiger partial charge on any atom is 0.179 e. The molecule has 0 aliphatic carbocycles. The number of hydrogen-bond acceptors (Lipinski definition) is 2. The Labute approximate surface area is 543 Å². The lowest BCUT2D eigenvalue weighted by molar-refractivity contribution is 0.483. The lowest BCUT2D eigenvalue weighted by Gasteiger charge is -2.35. The second-order valence-electron chi connectivity index (χ2n) is 24.0. The van der Waals surface area contributed by atoms with Crippen LogP contribution in [0.25, 0.3) is 55.0 Å². The number of para-hydroxylation sites is 2. The zero-order valence-corrected chi connectivity index (χ0v) is 53.8. The minimum Gasteiger partial charge on any atom is -0.457 e. The summed E-state index contributed by atoms with van der Waals surface area (Å²) >= 11 is 1.82. The van der Waals surface area contributed by atoms with Crippen LogP contribution in [0, 0.1) is 6.92 Å². The molecule has 438 valence electrons. The molecule has 16 rings (SSSR count). The summed E-state index contributed by atoms with van der Waals surface area (Å²) < 4.78 is 11.7. The van der Waals surface area contributed by atoms with Crippen molar-refractivity contribution in [2.45, 2.75) is 23.1 Å². The Morgan fingerprint density at radius 2 is 0.630 bits per heavy atom. The standard InChI is InChI=1S/C86H64N2OSSi2/c1-62-40-47-69(48-41-62)90-70-49-53-84-80(59-70)82-61-78(51-55-86(82)88(84)66-27-11-3-12-28-66)92(74-35-19-7-20-36-74,75-37-21-8-22-38-75)76-39-23-24-64(57-76)56-63-42-44-67(45-43-63)89-68-46-52-83-79(58-68)81-60-77(50-54-85(81)87(83)65-25-9-2-10-26-65)91(71-29-13-4-14-30-71,72-31-15-5-16-32-72)73-33-17-6-18-34-73/h2-55,57-61H,56H2,1H3. The first-order valence-electron chi connectivity index (χ1n) is 31.7. The fraction of sp³-hybridized carbons (Fsp3) is 0.0233. The Morgan fingerprint density at radius 1 is 0.272 bits per heavy atom. The first-order valence-corrected chi connectivity index (χ1v) is 36.5. The number of ether oxygens (including phenoxy) is 1. The molecular formula is C86H64N2OSSi2. The predicted molar refractivity (Wildman–Crippen MR) is 393 cm³/mol. The van der Waals surface area contributed by atoms with Gasteiger partial charge in [-0.25, -0.2) is 0 Å². The highest BCUT2D eigenvalue weighted by molar-refractivity contribution is 7.99. The van der Waals surface area contributed by atoms with E-state index in [4.69, 9.17) is 4.74 Å². The van der Waals surface area contributed by atoms with Crippen LogP contribution in [-0.2, 0) is 6.42 Å². The van der Waals surface area contributed by atoms with Crippen LogP contribution in [0.3, 0.4) is 0 Å². The van der Waals surface area contributed by atoms with E-state index in [0.717, 1.165) is 45.7 Å². The van der Waals surface area contributed by atoms with Crippen molar-refractivity contribution in [2.24, 2.45) is 0 Å². The van der Waals surface area contributed by atoms with Gasteiger partial charge in [-0.05, 0) is 163 Å². The third kappa shape index (κ3) is 10.1. The first-order chi connectivity index (χ1) is 45.5. The molecule has 0 saturated carbocycles. The molecule has 0 amide bonds. The van der Waals surface area contributed by atoms with Gasteiger partial charge in [-0.2, -0.15) is 0 Å². The highest BCUT2D eigenvalue weighted by atomic mass is 32.2. The average Bonchev–Trinajstić information content (AvgIpc) is 1.43. The van der Waals surface area contributed by atoms with Crippen LogP contribution in [0.1, 0.15) is 16.7 Å². The van der Waals surface area contributed by atoms with E-state index in [1.165, 1.54) is 95.2 Å². The largest absolute Gasteiger partial charge is 0.457 e. The fourth-order valence-corrected chi connectivity index (χ4v) is 24.9. The molecule has 16 aromatic rings. The van der Waals surface area contributed by atoms with Crippen LogP contribution in [0.5, 0.6) is 11.5 Å². The molecule has 0 saturated heterocycles. The molecule has 0 aliphatic rings. The molecule has 0 bridgehead atoms. The normalized spacial score (nSPS) is 11.8. The molecule has 2 aromatic heterocycles. The molecule has 0 spiro atoms. The van der Waals surface area contributed by atoms with Crippen molar-refractivity contribution in [3.05, 3.63) is 375 Å². The van der Waals surface area contributed by atoms with Crippen LogP contribution >= 0.6 is 11.8 Å². The zero-order chi connectivity index (χ0) is 61.4. The third-order valence-corrected chi connectivity index (χ3v) is 29.1. The molecule has 3 nitrogen and oxygen atoms in total. The highest BCUT2D eigenvalue weighted by Crippen LogP contribution is 2.39. The number of aryl methyl sites for hydroxylation is 1. The van der Waals surface area contributed by atoms with Crippen molar-refractivity contribution in [3.8, 4) is 22.9 Å². The third-order valence-electron chi connectivity index (χ3n) is 18.6.